The van der Waals surface area contributed by atoms with E-state index < -0.39 is 0 Å². The first-order valence-corrected chi connectivity index (χ1v) is 10.5. The molecular formula is C26H30N+. The van der Waals surface area contributed by atoms with Gasteiger partial charge in [0.05, 0.1) is 10.9 Å². The molecule has 3 aromatic rings. The molecule has 2 aromatic carbocycles. The second kappa shape index (κ2) is 5.92. The summed E-state index contributed by atoms with van der Waals surface area (Å²) in [5.74, 6) is 2.19. The molecule has 0 aliphatic heterocycles. The van der Waals surface area contributed by atoms with Gasteiger partial charge >= 0.3 is 0 Å². The summed E-state index contributed by atoms with van der Waals surface area (Å²) in [5.41, 5.74) is 10.3. The van der Waals surface area contributed by atoms with E-state index in [1.165, 1.54) is 58.1 Å². The molecule has 0 spiro atoms. The van der Waals surface area contributed by atoms with Crippen molar-refractivity contribution in [2.24, 2.45) is 7.05 Å². The number of nitrogens with zero attached hydrogens (tertiary/aromatic N) is 1. The lowest BCUT2D eigenvalue weighted by Gasteiger charge is -2.18. The van der Waals surface area contributed by atoms with Gasteiger partial charge in [-0.2, -0.15) is 4.57 Å². The van der Waals surface area contributed by atoms with Crippen molar-refractivity contribution in [2.45, 2.75) is 64.7 Å². The van der Waals surface area contributed by atoms with Crippen LogP contribution in [0.5, 0.6) is 0 Å². The van der Waals surface area contributed by atoms with Gasteiger partial charge in [-0.25, -0.2) is 0 Å². The van der Waals surface area contributed by atoms with Crippen LogP contribution in [0.2, 0.25) is 0 Å². The van der Waals surface area contributed by atoms with Crippen LogP contribution in [0.1, 0.15) is 78.8 Å². The normalized spacial score (nSPS) is 20.7. The van der Waals surface area contributed by atoms with E-state index in [-0.39, 0.29) is 0 Å². The van der Waals surface area contributed by atoms with Gasteiger partial charge in [0.2, 0.25) is 5.69 Å². The Labute approximate surface area is 163 Å². The van der Waals surface area contributed by atoms with Crippen molar-refractivity contribution in [1.29, 1.82) is 0 Å². The summed E-state index contributed by atoms with van der Waals surface area (Å²) in [7, 11) is 2.22. The van der Waals surface area contributed by atoms with Crippen molar-refractivity contribution in [3.05, 3.63) is 64.3 Å². The van der Waals surface area contributed by atoms with Crippen molar-refractivity contribution in [1.82, 2.24) is 0 Å². The number of aryl methyl sites for hydroxylation is 2. The Morgan fingerprint density at radius 3 is 2.33 bits per heavy atom. The number of pyridine rings is 1. The van der Waals surface area contributed by atoms with Gasteiger partial charge in [-0.3, -0.25) is 0 Å². The van der Waals surface area contributed by atoms with Crippen LogP contribution in [0.4, 0.5) is 0 Å². The Kier molecular flexibility index (Phi) is 3.73. The second-order valence-corrected chi connectivity index (χ2v) is 9.20. The number of aromatic nitrogens is 1. The number of hydrogen-bond donors (Lipinski definition) is 0. The zero-order chi connectivity index (χ0) is 18.9. The number of hydrogen-bond acceptors (Lipinski definition) is 0. The van der Waals surface area contributed by atoms with E-state index in [9.17, 15) is 0 Å². The maximum atomic E-state index is 2.54. The van der Waals surface area contributed by atoms with E-state index in [0.29, 0.717) is 5.92 Å². The van der Waals surface area contributed by atoms with Gasteiger partial charge in [0.25, 0.3) is 0 Å². The molecule has 0 saturated heterocycles. The monoisotopic (exact) mass is 356 g/mol. The maximum Gasteiger partial charge on any atom is 0.220 e. The molecule has 2 bridgehead atoms. The average Bonchev–Trinajstić information content (AvgIpc) is 3.24. The summed E-state index contributed by atoms with van der Waals surface area (Å²) in [4.78, 5) is 0. The molecule has 2 aliphatic carbocycles. The fraction of sp³-hybridized carbons (Fsp3) is 0.423. The van der Waals surface area contributed by atoms with Gasteiger partial charge in [0.1, 0.15) is 7.05 Å². The quantitative estimate of drug-likeness (QED) is 0.465. The molecule has 27 heavy (non-hydrogen) atoms. The molecule has 1 heteroatoms. The lowest BCUT2D eigenvalue weighted by Crippen LogP contribution is -2.35. The van der Waals surface area contributed by atoms with E-state index in [1.54, 1.807) is 11.1 Å². The molecule has 1 nitrogen and oxygen atoms in total. The Hall–Kier alpha value is -2.15. The van der Waals surface area contributed by atoms with Crippen LogP contribution >= 0.6 is 0 Å². The van der Waals surface area contributed by atoms with Gasteiger partial charge in [-0.1, -0.05) is 32.0 Å². The van der Waals surface area contributed by atoms with E-state index in [4.69, 9.17) is 0 Å². The first-order chi connectivity index (χ1) is 12.9. The Morgan fingerprint density at radius 2 is 1.63 bits per heavy atom. The van der Waals surface area contributed by atoms with Crippen LogP contribution in [0, 0.1) is 13.8 Å². The van der Waals surface area contributed by atoms with Crippen LogP contribution in [-0.2, 0) is 7.05 Å². The van der Waals surface area contributed by atoms with Crippen LogP contribution in [0.15, 0.2) is 36.4 Å². The standard InChI is InChI=1S/C26H30N/c1-15(2)18-8-9-22-21(12-18)11-17(4)27(5)26(22)23-14-25-20-7-6-19(13-20)24(25)10-16(23)3/h8-12,14-15,19-20H,6-7,13H2,1-5H3/q+1. The Morgan fingerprint density at radius 1 is 0.926 bits per heavy atom. The third-order valence-electron chi connectivity index (χ3n) is 7.22. The summed E-state index contributed by atoms with van der Waals surface area (Å²) in [6.45, 7) is 9.09. The molecule has 0 N–H and O–H groups in total. The average molecular weight is 357 g/mol. The number of fused-ring (bicyclic) bond motifs is 6. The van der Waals surface area contributed by atoms with Crippen LogP contribution in [0.3, 0.4) is 0 Å². The third-order valence-corrected chi connectivity index (χ3v) is 7.22. The highest BCUT2D eigenvalue weighted by molar-refractivity contribution is 5.94. The van der Waals surface area contributed by atoms with E-state index in [0.717, 1.165) is 11.8 Å². The highest BCUT2D eigenvalue weighted by Crippen LogP contribution is 2.54. The van der Waals surface area contributed by atoms with E-state index >= 15 is 0 Å². The second-order valence-electron chi connectivity index (χ2n) is 9.20. The van der Waals surface area contributed by atoms with Crippen molar-refractivity contribution >= 4 is 10.8 Å². The minimum Gasteiger partial charge on any atom is -0.198 e. The topological polar surface area (TPSA) is 3.88 Å². The SMILES string of the molecule is Cc1cc2c(cc1-c1c3ccc(C(C)C)cc3cc(C)[n+]1C)C1CCC2C1. The summed E-state index contributed by atoms with van der Waals surface area (Å²) >= 11 is 0. The van der Waals surface area contributed by atoms with Crippen molar-refractivity contribution in [2.75, 3.05) is 0 Å². The Bertz CT molecular complexity index is 1070. The van der Waals surface area contributed by atoms with Crippen LogP contribution in [0.25, 0.3) is 22.0 Å². The van der Waals surface area contributed by atoms with Crippen LogP contribution in [-0.4, -0.2) is 0 Å². The molecule has 0 amide bonds. The van der Waals surface area contributed by atoms with Crippen molar-refractivity contribution in [3.63, 3.8) is 0 Å². The minimum atomic E-state index is 0.560. The Balaban J connectivity index is 1.78. The maximum absolute atomic E-state index is 2.54. The zero-order valence-electron chi connectivity index (χ0n) is 17.3. The summed E-state index contributed by atoms with van der Waals surface area (Å²) in [6, 6.07) is 14.4. The molecular weight excluding hydrogens is 326 g/mol. The van der Waals surface area contributed by atoms with E-state index in [1.807, 2.05) is 0 Å². The molecule has 1 fully saturated rings. The van der Waals surface area contributed by atoms with E-state index in [2.05, 4.69) is 75.7 Å². The molecule has 5 rings (SSSR count). The third kappa shape index (κ3) is 2.47. The molecule has 2 aliphatic rings. The molecule has 138 valence electrons. The lowest BCUT2D eigenvalue weighted by molar-refractivity contribution is -0.665. The lowest BCUT2D eigenvalue weighted by atomic mass is 9.86. The minimum absolute atomic E-state index is 0.560. The molecule has 2 atom stereocenters. The summed E-state index contributed by atoms with van der Waals surface area (Å²) in [6.07, 6.45) is 4.17. The predicted molar refractivity (Wildman–Crippen MR) is 113 cm³/mol. The number of benzene rings is 2. The molecule has 0 radical (unpaired) electrons. The first kappa shape index (κ1) is 17.0. The fourth-order valence-corrected chi connectivity index (χ4v) is 5.54. The summed E-state index contributed by atoms with van der Waals surface area (Å²) in [5, 5.41) is 2.74. The van der Waals surface area contributed by atoms with Crippen molar-refractivity contribution < 1.29 is 4.57 Å². The molecule has 1 heterocycles. The van der Waals surface area contributed by atoms with Gasteiger partial charge in [-0.15, -0.1) is 0 Å². The molecule has 1 aromatic heterocycles. The van der Waals surface area contributed by atoms with Crippen LogP contribution < -0.4 is 4.57 Å². The first-order valence-electron chi connectivity index (χ1n) is 10.5. The van der Waals surface area contributed by atoms with Gasteiger partial charge < -0.3 is 0 Å². The highest BCUT2D eigenvalue weighted by Gasteiger charge is 2.37. The highest BCUT2D eigenvalue weighted by atomic mass is 14.9. The van der Waals surface area contributed by atoms with Crippen molar-refractivity contribution in [3.8, 4) is 11.3 Å². The fourth-order valence-electron chi connectivity index (χ4n) is 5.54. The van der Waals surface area contributed by atoms with Gasteiger partial charge in [0.15, 0.2) is 5.69 Å². The summed E-state index contributed by atoms with van der Waals surface area (Å²) < 4.78 is 2.39. The van der Waals surface area contributed by atoms with Gasteiger partial charge in [0, 0.05) is 13.0 Å². The number of rotatable bonds is 2. The largest absolute Gasteiger partial charge is 0.220 e. The molecule has 1 saturated carbocycles. The predicted octanol–water partition coefficient (Wildman–Crippen LogP) is 6.44. The van der Waals surface area contributed by atoms with Gasteiger partial charge in [-0.05, 0) is 83.7 Å². The smallest absolute Gasteiger partial charge is 0.198 e. The zero-order valence-corrected chi connectivity index (χ0v) is 17.3. The molecule has 2 unspecified atom stereocenters.